The van der Waals surface area contributed by atoms with Gasteiger partial charge in [0.2, 0.25) is 0 Å². The van der Waals surface area contributed by atoms with Crippen molar-refractivity contribution in [3.05, 3.63) is 17.3 Å². The molecule has 86 valence electrons. The summed E-state index contributed by atoms with van der Waals surface area (Å²) in [7, 11) is 0. The highest BCUT2D eigenvalue weighted by Crippen LogP contribution is 2.28. The molecule has 1 aromatic heterocycles. The Morgan fingerprint density at radius 3 is 2.56 bits per heavy atom. The van der Waals surface area contributed by atoms with Crippen LogP contribution in [-0.4, -0.2) is 11.3 Å². The summed E-state index contributed by atoms with van der Waals surface area (Å²) in [5.41, 5.74) is 4.29. The number of alkyl halides is 4. The number of halogens is 4. The van der Waals surface area contributed by atoms with Crippen molar-refractivity contribution in [2.75, 3.05) is 5.73 Å². The fraction of sp³-hybridized carbons (Fsp3) is 0.250. The average Bonchev–Trinajstić information content (AvgIpc) is 2.18. The smallest absolute Gasteiger partial charge is 0.403 e. The van der Waals surface area contributed by atoms with Crippen LogP contribution in [0.5, 0.6) is 5.75 Å². The minimum Gasteiger partial charge on any atom is -0.403 e. The summed E-state index contributed by atoms with van der Waals surface area (Å²) in [6, 6.07) is 2.07. The maximum absolute atomic E-state index is 12.3. The molecule has 0 atom stereocenters. The zero-order valence-electron chi connectivity index (χ0n) is 7.68. The lowest BCUT2D eigenvalue weighted by atomic mass is 10.2. The number of hydrogen-bond acceptors (Lipinski definition) is 4. The second-order valence-corrected chi connectivity index (χ2v) is 2.67. The van der Waals surface area contributed by atoms with E-state index in [1.54, 1.807) is 0 Å². The molecule has 8 heteroatoms. The van der Waals surface area contributed by atoms with E-state index >= 15 is 0 Å². The van der Waals surface area contributed by atoms with Crippen LogP contribution >= 0.6 is 0 Å². The first-order valence-corrected chi connectivity index (χ1v) is 3.88. The minimum atomic E-state index is -4.98. The number of nitrogen functional groups attached to an aromatic ring is 1. The first-order valence-electron chi connectivity index (χ1n) is 3.88. The van der Waals surface area contributed by atoms with E-state index in [1.165, 1.54) is 6.07 Å². The largest absolute Gasteiger partial charge is 0.573 e. The van der Waals surface area contributed by atoms with Crippen LogP contribution < -0.4 is 10.5 Å². The summed E-state index contributed by atoms with van der Waals surface area (Å²) in [4.78, 5) is 3.30. The first-order chi connectivity index (χ1) is 7.37. The van der Waals surface area contributed by atoms with Gasteiger partial charge in [0.15, 0.2) is 11.4 Å². The molecular formula is C8H5F4N3O. The predicted molar refractivity (Wildman–Crippen MR) is 44.9 cm³/mol. The van der Waals surface area contributed by atoms with Crippen LogP contribution in [0.1, 0.15) is 11.3 Å². The summed E-state index contributed by atoms with van der Waals surface area (Å²) >= 11 is 0. The quantitative estimate of drug-likeness (QED) is 0.794. The number of aromatic nitrogens is 1. The molecule has 0 aromatic carbocycles. The molecule has 0 unspecified atom stereocenters. The van der Waals surface area contributed by atoms with Crippen LogP contribution in [0.3, 0.4) is 0 Å². The molecule has 16 heavy (non-hydrogen) atoms. The highest BCUT2D eigenvalue weighted by atomic mass is 19.4. The van der Waals surface area contributed by atoms with Crippen LogP contribution in [0.4, 0.5) is 23.4 Å². The number of rotatable bonds is 2. The van der Waals surface area contributed by atoms with Crippen molar-refractivity contribution in [2.45, 2.75) is 13.0 Å². The summed E-state index contributed by atoms with van der Waals surface area (Å²) < 4.78 is 51.5. The summed E-state index contributed by atoms with van der Waals surface area (Å²) in [6.45, 7) is -1.10. The SMILES string of the molecule is N#Cc1nc(N)c(CF)cc1OC(F)(F)F. The number of nitrogens with zero attached hydrogens (tertiary/aromatic N) is 2. The second kappa shape index (κ2) is 4.22. The molecule has 2 N–H and O–H groups in total. The molecule has 1 rings (SSSR count). The number of hydrogen-bond donors (Lipinski definition) is 1. The van der Waals surface area contributed by atoms with Gasteiger partial charge in [0.05, 0.1) is 0 Å². The average molecular weight is 235 g/mol. The Labute approximate surface area is 87.3 Å². The molecule has 0 aliphatic heterocycles. The van der Waals surface area contributed by atoms with Gasteiger partial charge in [-0.2, -0.15) is 5.26 Å². The van der Waals surface area contributed by atoms with Crippen molar-refractivity contribution in [3.8, 4) is 11.8 Å². The molecule has 1 heterocycles. The number of anilines is 1. The van der Waals surface area contributed by atoms with Gasteiger partial charge in [-0.3, -0.25) is 0 Å². The van der Waals surface area contributed by atoms with E-state index in [9.17, 15) is 17.6 Å². The second-order valence-electron chi connectivity index (χ2n) is 2.67. The third-order valence-corrected chi connectivity index (χ3v) is 1.58. The number of pyridine rings is 1. The standard InChI is InChI=1S/C8H5F4N3O/c9-2-4-1-6(16-8(10,11)12)5(3-13)15-7(4)14/h1H,2H2,(H2,14,15). The molecule has 0 saturated heterocycles. The molecule has 0 fully saturated rings. The van der Waals surface area contributed by atoms with Crippen LogP contribution in [0, 0.1) is 11.3 Å². The zero-order valence-corrected chi connectivity index (χ0v) is 7.68. The van der Waals surface area contributed by atoms with Gasteiger partial charge >= 0.3 is 6.36 Å². The van der Waals surface area contributed by atoms with Gasteiger partial charge in [-0.15, -0.1) is 13.2 Å². The van der Waals surface area contributed by atoms with Gasteiger partial charge in [-0.25, -0.2) is 9.37 Å². The highest BCUT2D eigenvalue weighted by molar-refractivity contribution is 5.50. The van der Waals surface area contributed by atoms with Crippen LogP contribution in [0.15, 0.2) is 6.07 Å². The van der Waals surface area contributed by atoms with Crippen LogP contribution in [-0.2, 0) is 6.67 Å². The minimum absolute atomic E-state index is 0.266. The summed E-state index contributed by atoms with van der Waals surface area (Å²) in [6.07, 6.45) is -4.98. The van der Waals surface area contributed by atoms with Gasteiger partial charge in [0.25, 0.3) is 0 Å². The Kier molecular flexibility index (Phi) is 3.17. The molecule has 0 amide bonds. The molecule has 4 nitrogen and oxygen atoms in total. The first kappa shape index (κ1) is 12.0. The Morgan fingerprint density at radius 1 is 1.50 bits per heavy atom. The van der Waals surface area contributed by atoms with Crippen LogP contribution in [0.2, 0.25) is 0 Å². The van der Waals surface area contributed by atoms with Crippen molar-refractivity contribution in [3.63, 3.8) is 0 Å². The van der Waals surface area contributed by atoms with Crippen molar-refractivity contribution < 1.29 is 22.3 Å². The molecule has 0 aliphatic rings. The lowest BCUT2D eigenvalue weighted by molar-refractivity contribution is -0.274. The third-order valence-electron chi connectivity index (χ3n) is 1.58. The monoisotopic (exact) mass is 235 g/mol. The predicted octanol–water partition coefficient (Wildman–Crippen LogP) is 1.90. The summed E-state index contributed by atoms with van der Waals surface area (Å²) in [5, 5.41) is 8.49. The molecule has 0 spiro atoms. The molecule has 0 bridgehead atoms. The van der Waals surface area contributed by atoms with E-state index in [0.717, 1.165) is 0 Å². The van der Waals surface area contributed by atoms with Gasteiger partial charge in [-0.1, -0.05) is 0 Å². The highest BCUT2D eigenvalue weighted by Gasteiger charge is 2.33. The lowest BCUT2D eigenvalue weighted by Crippen LogP contribution is -2.18. The number of nitriles is 1. The molecule has 0 radical (unpaired) electrons. The molecule has 0 aliphatic carbocycles. The number of ether oxygens (including phenoxy) is 1. The molecule has 0 saturated carbocycles. The van der Waals surface area contributed by atoms with E-state index in [1.807, 2.05) is 0 Å². The van der Waals surface area contributed by atoms with Gasteiger partial charge in [-0.05, 0) is 6.07 Å². The molecule has 1 aromatic rings. The molecular weight excluding hydrogens is 230 g/mol. The fourth-order valence-electron chi connectivity index (χ4n) is 0.938. The maximum atomic E-state index is 12.3. The van der Waals surface area contributed by atoms with Crippen molar-refractivity contribution in [1.82, 2.24) is 4.98 Å². The normalized spacial score (nSPS) is 10.9. The van der Waals surface area contributed by atoms with Crippen molar-refractivity contribution >= 4 is 5.82 Å². The topological polar surface area (TPSA) is 71.9 Å². The van der Waals surface area contributed by atoms with E-state index in [4.69, 9.17) is 11.0 Å². The maximum Gasteiger partial charge on any atom is 0.573 e. The van der Waals surface area contributed by atoms with Crippen molar-refractivity contribution in [2.24, 2.45) is 0 Å². The van der Waals surface area contributed by atoms with Gasteiger partial charge < -0.3 is 10.5 Å². The van der Waals surface area contributed by atoms with E-state index in [0.29, 0.717) is 6.07 Å². The van der Waals surface area contributed by atoms with E-state index < -0.39 is 24.5 Å². The fourth-order valence-corrected chi connectivity index (χ4v) is 0.938. The lowest BCUT2D eigenvalue weighted by Gasteiger charge is -2.11. The zero-order chi connectivity index (χ0) is 12.3. The van der Waals surface area contributed by atoms with Crippen LogP contribution in [0.25, 0.3) is 0 Å². The third kappa shape index (κ3) is 2.73. The van der Waals surface area contributed by atoms with E-state index in [-0.39, 0.29) is 11.4 Å². The van der Waals surface area contributed by atoms with E-state index in [2.05, 4.69) is 9.72 Å². The summed E-state index contributed by atoms with van der Waals surface area (Å²) in [5.74, 6) is -1.20. The number of nitrogens with two attached hydrogens (primary N) is 1. The Bertz CT molecular complexity index is 438. The Balaban J connectivity index is 3.21. The van der Waals surface area contributed by atoms with Gasteiger partial charge in [0.1, 0.15) is 18.6 Å². The van der Waals surface area contributed by atoms with Crippen molar-refractivity contribution in [1.29, 1.82) is 5.26 Å². The van der Waals surface area contributed by atoms with Gasteiger partial charge in [0, 0.05) is 5.56 Å². The Morgan fingerprint density at radius 2 is 2.12 bits per heavy atom. The Hall–Kier alpha value is -2.04.